The molecule has 2 aliphatic rings. The maximum Gasteiger partial charge on any atom is 0.0707 e. The Balaban J connectivity index is 1.69. The standard InChI is InChI=1S/C10H6N2S4/c1-5-6(2-11-1)14-9(13-5)10-15-7-3-12-4-8(7)16-10/h1-4,11-12H. The number of thioether (sulfide) groups is 4. The lowest BCUT2D eigenvalue weighted by Crippen LogP contribution is -1.67. The molecule has 6 heteroatoms. The van der Waals surface area contributed by atoms with Gasteiger partial charge in [0.25, 0.3) is 0 Å². The molecule has 0 aromatic carbocycles. The first-order chi connectivity index (χ1) is 7.90. The number of aromatic nitrogens is 2. The highest BCUT2D eigenvalue weighted by Crippen LogP contribution is 2.61. The average Bonchev–Trinajstić information content (AvgIpc) is 2.94. The topological polar surface area (TPSA) is 31.6 Å². The summed E-state index contributed by atoms with van der Waals surface area (Å²) in [7, 11) is 0. The molecule has 2 N–H and O–H groups in total. The van der Waals surface area contributed by atoms with Crippen molar-refractivity contribution in [2.75, 3.05) is 0 Å². The highest BCUT2D eigenvalue weighted by Gasteiger charge is 2.27. The van der Waals surface area contributed by atoms with Gasteiger partial charge in [-0.3, -0.25) is 0 Å². The summed E-state index contributed by atoms with van der Waals surface area (Å²) in [6.07, 6.45) is 8.30. The van der Waals surface area contributed by atoms with Crippen molar-refractivity contribution in [3.63, 3.8) is 0 Å². The second-order valence-electron chi connectivity index (χ2n) is 3.35. The highest BCUT2D eigenvalue weighted by molar-refractivity contribution is 8.30. The minimum atomic E-state index is 1.35. The van der Waals surface area contributed by atoms with E-state index in [4.69, 9.17) is 0 Å². The molecule has 0 spiro atoms. The zero-order valence-electron chi connectivity index (χ0n) is 7.94. The second-order valence-corrected chi connectivity index (χ2v) is 8.08. The molecule has 0 aliphatic carbocycles. The van der Waals surface area contributed by atoms with Gasteiger partial charge in [-0.2, -0.15) is 0 Å². The normalized spacial score (nSPS) is 18.0. The molecule has 4 heterocycles. The molecule has 2 nitrogen and oxygen atoms in total. The lowest BCUT2D eigenvalue weighted by Gasteiger charge is -1.99. The molecule has 0 unspecified atom stereocenters. The van der Waals surface area contributed by atoms with E-state index in [0.717, 1.165) is 0 Å². The summed E-state index contributed by atoms with van der Waals surface area (Å²) >= 11 is 7.49. The third-order valence-corrected chi connectivity index (χ3v) is 7.88. The summed E-state index contributed by atoms with van der Waals surface area (Å²) in [5.41, 5.74) is 0. The van der Waals surface area contributed by atoms with Crippen LogP contribution in [0, 0.1) is 0 Å². The highest BCUT2D eigenvalue weighted by atomic mass is 32.2. The molecule has 16 heavy (non-hydrogen) atoms. The number of aromatic amines is 2. The van der Waals surface area contributed by atoms with Crippen LogP contribution in [0.5, 0.6) is 0 Å². The second kappa shape index (κ2) is 3.60. The van der Waals surface area contributed by atoms with E-state index in [9.17, 15) is 0 Å². The van der Waals surface area contributed by atoms with E-state index in [-0.39, 0.29) is 0 Å². The monoisotopic (exact) mass is 282 g/mol. The maximum absolute atomic E-state index is 3.14. The molecule has 0 saturated heterocycles. The summed E-state index contributed by atoms with van der Waals surface area (Å²) in [5, 5.41) is 0. The van der Waals surface area contributed by atoms with Crippen LogP contribution in [0.1, 0.15) is 0 Å². The molecule has 0 amide bonds. The number of H-pyrrole nitrogens is 2. The van der Waals surface area contributed by atoms with Crippen molar-refractivity contribution in [1.82, 2.24) is 9.97 Å². The third kappa shape index (κ3) is 1.40. The lowest BCUT2D eigenvalue weighted by atomic mass is 10.7. The van der Waals surface area contributed by atoms with E-state index < -0.39 is 0 Å². The fourth-order valence-corrected chi connectivity index (χ4v) is 6.79. The van der Waals surface area contributed by atoms with Gasteiger partial charge in [0.05, 0.1) is 8.47 Å². The Morgan fingerprint density at radius 3 is 1.19 bits per heavy atom. The van der Waals surface area contributed by atoms with E-state index in [2.05, 4.69) is 34.8 Å². The Hall–Kier alpha value is -0.300. The lowest BCUT2D eigenvalue weighted by molar-refractivity contribution is 1.36. The van der Waals surface area contributed by atoms with Crippen molar-refractivity contribution in [2.45, 2.75) is 19.6 Å². The van der Waals surface area contributed by atoms with Crippen LogP contribution in [0.3, 0.4) is 0 Å². The summed E-state index contributed by atoms with van der Waals surface area (Å²) in [5.74, 6) is 0. The molecule has 0 fully saturated rings. The van der Waals surface area contributed by atoms with E-state index in [1.54, 1.807) is 0 Å². The van der Waals surface area contributed by atoms with Gasteiger partial charge in [0, 0.05) is 44.4 Å². The molecule has 0 bridgehead atoms. The molecule has 4 rings (SSSR count). The van der Waals surface area contributed by atoms with Crippen molar-refractivity contribution >= 4 is 47.0 Å². The Morgan fingerprint density at radius 1 is 0.562 bits per heavy atom. The van der Waals surface area contributed by atoms with E-state index in [0.29, 0.717) is 0 Å². The minimum Gasteiger partial charge on any atom is -0.366 e. The molecule has 0 radical (unpaired) electrons. The van der Waals surface area contributed by atoms with Gasteiger partial charge < -0.3 is 9.97 Å². The third-order valence-electron chi connectivity index (χ3n) is 2.32. The van der Waals surface area contributed by atoms with Crippen molar-refractivity contribution < 1.29 is 0 Å². The van der Waals surface area contributed by atoms with Crippen molar-refractivity contribution in [3.05, 3.63) is 33.3 Å². The molecular weight excluding hydrogens is 276 g/mol. The fourth-order valence-electron chi connectivity index (χ4n) is 1.60. The average molecular weight is 282 g/mol. The molecule has 0 saturated carbocycles. The van der Waals surface area contributed by atoms with E-state index >= 15 is 0 Å². The number of hydrogen-bond donors (Lipinski definition) is 2. The molecule has 2 aromatic heterocycles. The first kappa shape index (κ1) is 9.70. The van der Waals surface area contributed by atoms with Gasteiger partial charge in [0.2, 0.25) is 0 Å². The van der Waals surface area contributed by atoms with Gasteiger partial charge in [-0.25, -0.2) is 0 Å². The van der Waals surface area contributed by atoms with Crippen LogP contribution in [0.15, 0.2) is 52.8 Å². The Kier molecular flexibility index (Phi) is 2.18. The zero-order chi connectivity index (χ0) is 10.5. The quantitative estimate of drug-likeness (QED) is 0.741. The van der Waals surface area contributed by atoms with Crippen LogP contribution in [-0.4, -0.2) is 9.97 Å². The molecule has 0 atom stereocenters. The fraction of sp³-hybridized carbons (Fsp3) is 0. The predicted octanol–water partition coefficient (Wildman–Crippen LogP) is 4.57. The van der Waals surface area contributed by atoms with Crippen LogP contribution < -0.4 is 0 Å². The maximum atomic E-state index is 3.14. The number of fused-ring (bicyclic) bond motifs is 2. The van der Waals surface area contributed by atoms with Gasteiger partial charge in [0.1, 0.15) is 0 Å². The van der Waals surface area contributed by atoms with Crippen molar-refractivity contribution in [1.29, 1.82) is 0 Å². The summed E-state index contributed by atoms with van der Waals surface area (Å²) < 4.78 is 2.84. The summed E-state index contributed by atoms with van der Waals surface area (Å²) in [6.45, 7) is 0. The molecule has 2 aliphatic heterocycles. The van der Waals surface area contributed by atoms with Crippen molar-refractivity contribution in [2.24, 2.45) is 0 Å². The predicted molar refractivity (Wildman–Crippen MR) is 72.0 cm³/mol. The summed E-state index contributed by atoms with van der Waals surface area (Å²) in [6, 6.07) is 0. The SMILES string of the molecule is c1[nH]cc2c1SC(=C1Sc3c[nH]cc3S1)S2. The van der Waals surface area contributed by atoms with Gasteiger partial charge >= 0.3 is 0 Å². The number of hydrogen-bond acceptors (Lipinski definition) is 4. The largest absolute Gasteiger partial charge is 0.366 e. The van der Waals surface area contributed by atoms with Gasteiger partial charge in [-0.05, 0) is 0 Å². The van der Waals surface area contributed by atoms with Crippen LogP contribution >= 0.6 is 47.0 Å². The molecule has 2 aromatic rings. The van der Waals surface area contributed by atoms with Crippen LogP contribution in [0.2, 0.25) is 0 Å². The number of nitrogens with one attached hydrogen (secondary N) is 2. The van der Waals surface area contributed by atoms with Crippen LogP contribution in [0.25, 0.3) is 0 Å². The Labute approximate surface area is 109 Å². The first-order valence-electron chi connectivity index (χ1n) is 4.69. The van der Waals surface area contributed by atoms with Gasteiger partial charge in [-0.15, -0.1) is 0 Å². The van der Waals surface area contributed by atoms with Crippen LogP contribution in [0.4, 0.5) is 0 Å². The van der Waals surface area contributed by atoms with Crippen LogP contribution in [-0.2, 0) is 0 Å². The Morgan fingerprint density at radius 2 is 0.875 bits per heavy atom. The molecular formula is C10H6N2S4. The van der Waals surface area contributed by atoms with Gasteiger partial charge in [0.15, 0.2) is 0 Å². The Bertz CT molecular complexity index is 498. The van der Waals surface area contributed by atoms with Crippen molar-refractivity contribution in [3.8, 4) is 0 Å². The first-order valence-corrected chi connectivity index (χ1v) is 7.96. The zero-order valence-corrected chi connectivity index (χ0v) is 11.2. The summed E-state index contributed by atoms with van der Waals surface area (Å²) in [4.78, 5) is 11.7. The van der Waals surface area contributed by atoms with Gasteiger partial charge in [-0.1, -0.05) is 47.0 Å². The minimum absolute atomic E-state index is 1.35. The van der Waals surface area contributed by atoms with E-state index in [1.807, 2.05) is 47.0 Å². The smallest absolute Gasteiger partial charge is 0.0707 e. The number of rotatable bonds is 0. The van der Waals surface area contributed by atoms with E-state index in [1.165, 1.54) is 28.1 Å². The molecule has 80 valence electrons.